The molecule has 0 bridgehead atoms. The van der Waals surface area contributed by atoms with Crippen molar-refractivity contribution in [2.75, 3.05) is 31.1 Å². The van der Waals surface area contributed by atoms with Gasteiger partial charge in [0.25, 0.3) is 5.91 Å². The molecule has 1 amide bonds. The van der Waals surface area contributed by atoms with E-state index in [1.54, 1.807) is 17.0 Å². The van der Waals surface area contributed by atoms with Gasteiger partial charge in [0.05, 0.1) is 17.2 Å². The molecule has 9 heteroatoms. The lowest BCUT2D eigenvalue weighted by Gasteiger charge is -2.34. The zero-order chi connectivity index (χ0) is 20.6. The van der Waals surface area contributed by atoms with Gasteiger partial charge in [-0.15, -0.1) is 0 Å². The number of benzene rings is 1. The van der Waals surface area contributed by atoms with Crippen molar-refractivity contribution < 1.29 is 18.0 Å². The number of nitrogens with one attached hydrogen (secondary N) is 1. The molecule has 0 spiro atoms. The van der Waals surface area contributed by atoms with Crippen LogP contribution in [0.3, 0.4) is 0 Å². The summed E-state index contributed by atoms with van der Waals surface area (Å²) >= 11 is 0. The lowest BCUT2D eigenvalue weighted by atomic mass is 9.95. The van der Waals surface area contributed by atoms with Crippen LogP contribution in [0.4, 0.5) is 18.9 Å². The molecule has 156 valence electrons. The topological polar surface area (TPSA) is 65.1 Å². The summed E-state index contributed by atoms with van der Waals surface area (Å²) in [6.07, 6.45) is -2.17. The molecule has 0 radical (unpaired) electrons. The minimum absolute atomic E-state index is 0.0389. The van der Waals surface area contributed by atoms with Crippen molar-refractivity contribution in [2.45, 2.75) is 38.8 Å². The Hall–Kier alpha value is -2.58. The minimum Gasteiger partial charge on any atom is -0.371 e. The third-order valence-electron chi connectivity index (χ3n) is 5.78. The molecule has 4 rings (SSSR count). The van der Waals surface area contributed by atoms with Gasteiger partial charge in [0.15, 0.2) is 5.82 Å². The van der Waals surface area contributed by atoms with Crippen LogP contribution in [0.1, 0.15) is 41.9 Å². The summed E-state index contributed by atoms with van der Waals surface area (Å²) in [5.74, 6) is -0.255. The summed E-state index contributed by atoms with van der Waals surface area (Å²) in [4.78, 5) is 21.2. The molecular weight excluding hydrogens is 383 g/mol. The van der Waals surface area contributed by atoms with Gasteiger partial charge >= 0.3 is 6.18 Å². The molecule has 3 heterocycles. The Morgan fingerprint density at radius 1 is 1.14 bits per heavy atom. The van der Waals surface area contributed by atoms with E-state index in [2.05, 4.69) is 20.1 Å². The standard InChI is InChI=1S/C20H24F3N5O/c1-13-24-18(26-25-13)14-4-5-16(17(12-14)27-8-2-3-9-27)19(29)28-10-6-15(7-11-28)20(21,22)23/h4-5,12,15H,2-3,6-11H2,1H3,(H,24,25,26). The number of halogens is 3. The van der Waals surface area contributed by atoms with Crippen molar-refractivity contribution in [3.8, 4) is 11.4 Å². The molecule has 2 aliphatic rings. The molecule has 0 aliphatic carbocycles. The first-order valence-electron chi connectivity index (χ1n) is 9.97. The molecule has 2 aliphatic heterocycles. The molecule has 2 fully saturated rings. The van der Waals surface area contributed by atoms with E-state index in [4.69, 9.17) is 0 Å². The Morgan fingerprint density at radius 2 is 1.83 bits per heavy atom. The number of aromatic nitrogens is 3. The first-order chi connectivity index (χ1) is 13.8. The smallest absolute Gasteiger partial charge is 0.371 e. The van der Waals surface area contributed by atoms with Crippen molar-refractivity contribution in [2.24, 2.45) is 5.92 Å². The van der Waals surface area contributed by atoms with Crippen LogP contribution >= 0.6 is 0 Å². The number of carbonyl (C=O) groups is 1. The first kappa shape index (κ1) is 19.7. The second kappa shape index (κ2) is 7.68. The van der Waals surface area contributed by atoms with E-state index in [1.165, 1.54) is 0 Å². The number of piperidine rings is 1. The number of rotatable bonds is 3. The Morgan fingerprint density at radius 3 is 2.41 bits per heavy atom. The first-order valence-corrected chi connectivity index (χ1v) is 9.97. The fourth-order valence-corrected chi connectivity index (χ4v) is 4.12. The van der Waals surface area contributed by atoms with Gasteiger partial charge in [-0.05, 0) is 44.7 Å². The average molecular weight is 407 g/mol. The number of H-pyrrole nitrogens is 1. The minimum atomic E-state index is -4.19. The maximum absolute atomic E-state index is 13.2. The number of anilines is 1. The lowest BCUT2D eigenvalue weighted by molar-refractivity contribution is -0.183. The van der Waals surface area contributed by atoms with Gasteiger partial charge in [-0.3, -0.25) is 9.89 Å². The molecule has 1 N–H and O–H groups in total. The number of hydrogen-bond acceptors (Lipinski definition) is 4. The molecule has 1 aromatic carbocycles. The van der Waals surface area contributed by atoms with Crippen molar-refractivity contribution in [3.05, 3.63) is 29.6 Å². The molecule has 2 aromatic rings. The fraction of sp³-hybridized carbons (Fsp3) is 0.550. The predicted octanol–water partition coefficient (Wildman–Crippen LogP) is 3.79. The molecule has 1 aromatic heterocycles. The maximum Gasteiger partial charge on any atom is 0.391 e. The third-order valence-corrected chi connectivity index (χ3v) is 5.78. The highest BCUT2D eigenvalue weighted by molar-refractivity contribution is 6.00. The number of likely N-dealkylation sites (tertiary alicyclic amines) is 1. The summed E-state index contributed by atoms with van der Waals surface area (Å²) in [5, 5.41) is 7.01. The zero-order valence-corrected chi connectivity index (χ0v) is 16.3. The number of hydrogen-bond donors (Lipinski definition) is 1. The van der Waals surface area contributed by atoms with E-state index < -0.39 is 12.1 Å². The fourth-order valence-electron chi connectivity index (χ4n) is 4.12. The number of aryl methyl sites for hydroxylation is 1. The highest BCUT2D eigenvalue weighted by atomic mass is 19.4. The van der Waals surface area contributed by atoms with Crippen LogP contribution in [0.2, 0.25) is 0 Å². The summed E-state index contributed by atoms with van der Waals surface area (Å²) in [6.45, 7) is 3.79. The van der Waals surface area contributed by atoms with Crippen LogP contribution < -0.4 is 4.90 Å². The number of alkyl halides is 3. The number of aromatic amines is 1. The number of nitrogens with zero attached hydrogens (tertiary/aromatic N) is 4. The van der Waals surface area contributed by atoms with Crippen molar-refractivity contribution >= 4 is 11.6 Å². The Labute approximate surface area is 167 Å². The van der Waals surface area contributed by atoms with Gasteiger partial charge in [-0.1, -0.05) is 6.07 Å². The quantitative estimate of drug-likeness (QED) is 0.841. The van der Waals surface area contributed by atoms with Gasteiger partial charge in [0, 0.05) is 31.7 Å². The number of carbonyl (C=O) groups excluding carboxylic acids is 1. The number of amides is 1. The van der Waals surface area contributed by atoms with Crippen molar-refractivity contribution in [1.82, 2.24) is 20.1 Å². The Balaban J connectivity index is 1.60. The van der Waals surface area contributed by atoms with Crippen LogP contribution in [0.5, 0.6) is 0 Å². The molecule has 0 atom stereocenters. The van der Waals surface area contributed by atoms with Crippen LogP contribution in [0.25, 0.3) is 11.4 Å². The largest absolute Gasteiger partial charge is 0.391 e. The summed E-state index contributed by atoms with van der Waals surface area (Å²) in [6, 6.07) is 5.48. The van der Waals surface area contributed by atoms with E-state index in [1.807, 2.05) is 13.0 Å². The lowest BCUT2D eigenvalue weighted by Crippen LogP contribution is -2.42. The molecule has 0 unspecified atom stereocenters. The average Bonchev–Trinajstić information content (AvgIpc) is 3.38. The highest BCUT2D eigenvalue weighted by Gasteiger charge is 2.42. The predicted molar refractivity (Wildman–Crippen MR) is 103 cm³/mol. The third kappa shape index (κ3) is 4.09. The molecule has 29 heavy (non-hydrogen) atoms. The monoisotopic (exact) mass is 407 g/mol. The Kier molecular flexibility index (Phi) is 5.23. The maximum atomic E-state index is 13.2. The van der Waals surface area contributed by atoms with E-state index >= 15 is 0 Å². The van der Waals surface area contributed by atoms with Gasteiger partial charge in [0.1, 0.15) is 5.82 Å². The van der Waals surface area contributed by atoms with E-state index in [-0.39, 0.29) is 31.8 Å². The van der Waals surface area contributed by atoms with Crippen LogP contribution in [0, 0.1) is 12.8 Å². The SMILES string of the molecule is Cc1nc(-c2ccc(C(=O)N3CCC(C(F)(F)F)CC3)c(N3CCCC3)c2)n[nH]1. The normalized spacial score (nSPS) is 18.5. The summed E-state index contributed by atoms with van der Waals surface area (Å²) in [7, 11) is 0. The van der Waals surface area contributed by atoms with E-state index in [9.17, 15) is 18.0 Å². The van der Waals surface area contributed by atoms with E-state index in [0.29, 0.717) is 17.2 Å². The summed E-state index contributed by atoms with van der Waals surface area (Å²) in [5.41, 5.74) is 2.15. The molecule has 0 saturated carbocycles. The van der Waals surface area contributed by atoms with Gasteiger partial charge in [-0.25, -0.2) is 4.98 Å². The van der Waals surface area contributed by atoms with Crippen molar-refractivity contribution in [1.29, 1.82) is 0 Å². The van der Waals surface area contributed by atoms with E-state index in [0.717, 1.165) is 37.2 Å². The summed E-state index contributed by atoms with van der Waals surface area (Å²) < 4.78 is 38.8. The van der Waals surface area contributed by atoms with Gasteiger partial charge in [-0.2, -0.15) is 18.3 Å². The van der Waals surface area contributed by atoms with Crippen LogP contribution in [-0.4, -0.2) is 58.3 Å². The zero-order valence-electron chi connectivity index (χ0n) is 16.3. The molecular formula is C20H24F3N5O. The van der Waals surface area contributed by atoms with Gasteiger partial charge in [0.2, 0.25) is 0 Å². The second-order valence-corrected chi connectivity index (χ2v) is 7.78. The van der Waals surface area contributed by atoms with Crippen molar-refractivity contribution in [3.63, 3.8) is 0 Å². The van der Waals surface area contributed by atoms with Crippen LogP contribution in [0.15, 0.2) is 18.2 Å². The highest BCUT2D eigenvalue weighted by Crippen LogP contribution is 2.36. The van der Waals surface area contributed by atoms with Crippen LogP contribution in [-0.2, 0) is 0 Å². The second-order valence-electron chi connectivity index (χ2n) is 7.78. The molecule has 6 nitrogen and oxygen atoms in total. The van der Waals surface area contributed by atoms with Gasteiger partial charge < -0.3 is 9.80 Å². The molecule has 2 saturated heterocycles. The Bertz CT molecular complexity index is 880.